The Bertz CT molecular complexity index is 1210. The van der Waals surface area contributed by atoms with Crippen LogP contribution in [0.4, 0.5) is 5.69 Å². The number of carbonyl (C=O) groups is 3. The van der Waals surface area contributed by atoms with E-state index >= 15 is 0 Å². The van der Waals surface area contributed by atoms with Gasteiger partial charge in [-0.15, -0.1) is 0 Å². The quantitative estimate of drug-likeness (QED) is 0.660. The van der Waals surface area contributed by atoms with Crippen LogP contribution in [0, 0.1) is 0 Å². The summed E-state index contributed by atoms with van der Waals surface area (Å²) in [7, 11) is 4.37. The summed E-state index contributed by atoms with van der Waals surface area (Å²) in [6.07, 6.45) is 2.22. The fourth-order valence-corrected chi connectivity index (χ4v) is 5.39. The van der Waals surface area contributed by atoms with Gasteiger partial charge in [-0.2, -0.15) is 0 Å². The minimum atomic E-state index is -0.826. The first-order chi connectivity index (χ1) is 15.9. The third-order valence-electron chi connectivity index (χ3n) is 6.73. The molecule has 2 aromatic rings. The summed E-state index contributed by atoms with van der Waals surface area (Å²) >= 11 is 0. The number of anilines is 1. The number of likely N-dealkylation sites (tertiary alicyclic amines) is 1. The highest BCUT2D eigenvalue weighted by atomic mass is 16.5. The summed E-state index contributed by atoms with van der Waals surface area (Å²) in [5, 5.41) is 0. The molecule has 33 heavy (non-hydrogen) atoms. The Morgan fingerprint density at radius 1 is 1.15 bits per heavy atom. The fourth-order valence-electron chi connectivity index (χ4n) is 5.39. The predicted molar refractivity (Wildman–Crippen MR) is 117 cm³/mol. The zero-order valence-electron chi connectivity index (χ0n) is 18.5. The largest absolute Gasteiger partial charge is 0.467 e. The normalized spacial score (nSPS) is 23.5. The molecule has 5 rings (SSSR count). The smallest absolute Gasteiger partial charge is 0.357 e. The SMILES string of the molecule is COC(=O)C1=C(C(=O)OC)C2N(C)c3ccccc3C23CCC(=O)N(Cc2ccco2)C3=N1. The Balaban J connectivity index is 1.81. The van der Waals surface area contributed by atoms with E-state index in [-0.39, 0.29) is 30.1 Å². The lowest BCUT2D eigenvalue weighted by molar-refractivity contribution is -0.140. The van der Waals surface area contributed by atoms with Gasteiger partial charge in [0, 0.05) is 19.2 Å². The van der Waals surface area contributed by atoms with Crippen molar-refractivity contribution in [3.63, 3.8) is 0 Å². The van der Waals surface area contributed by atoms with E-state index in [1.807, 2.05) is 36.2 Å². The van der Waals surface area contributed by atoms with Crippen molar-refractivity contribution in [2.24, 2.45) is 4.99 Å². The third kappa shape index (κ3) is 2.84. The number of fused-ring (bicyclic) bond motifs is 1. The van der Waals surface area contributed by atoms with Gasteiger partial charge < -0.3 is 18.8 Å². The van der Waals surface area contributed by atoms with Crippen molar-refractivity contribution in [1.29, 1.82) is 0 Å². The zero-order valence-corrected chi connectivity index (χ0v) is 18.5. The van der Waals surface area contributed by atoms with E-state index < -0.39 is 23.4 Å². The van der Waals surface area contributed by atoms with Crippen LogP contribution in [0.25, 0.3) is 0 Å². The molecule has 1 aromatic carbocycles. The van der Waals surface area contributed by atoms with Crippen molar-refractivity contribution in [3.05, 3.63) is 65.3 Å². The number of amides is 1. The number of aliphatic imine (C=N–C) groups is 1. The molecule has 1 aromatic heterocycles. The molecule has 3 aliphatic rings. The van der Waals surface area contributed by atoms with Crippen LogP contribution in [0.2, 0.25) is 0 Å². The Morgan fingerprint density at radius 2 is 1.91 bits per heavy atom. The molecule has 0 N–H and O–H groups in total. The lowest BCUT2D eigenvalue weighted by atomic mass is 9.65. The molecule has 2 atom stereocenters. The number of para-hydroxylation sites is 1. The molecule has 170 valence electrons. The van der Waals surface area contributed by atoms with Crippen LogP contribution in [-0.2, 0) is 35.8 Å². The number of benzene rings is 1. The van der Waals surface area contributed by atoms with E-state index in [4.69, 9.17) is 13.9 Å². The summed E-state index contributed by atoms with van der Waals surface area (Å²) in [5.74, 6) is -0.563. The van der Waals surface area contributed by atoms with Crippen LogP contribution < -0.4 is 4.90 Å². The summed E-state index contributed by atoms with van der Waals surface area (Å²) in [6.45, 7) is 0.160. The Morgan fingerprint density at radius 3 is 2.61 bits per heavy atom. The van der Waals surface area contributed by atoms with E-state index in [1.54, 1.807) is 23.3 Å². The maximum Gasteiger partial charge on any atom is 0.357 e. The molecule has 3 aliphatic heterocycles. The highest BCUT2D eigenvalue weighted by molar-refractivity contribution is 6.15. The van der Waals surface area contributed by atoms with Crippen LogP contribution >= 0.6 is 0 Å². The Labute approximate surface area is 190 Å². The number of methoxy groups -OCH3 is 2. The number of rotatable bonds is 4. The van der Waals surface area contributed by atoms with E-state index in [2.05, 4.69) is 4.99 Å². The topological polar surface area (TPSA) is 102 Å². The van der Waals surface area contributed by atoms with Gasteiger partial charge in [0.05, 0.1) is 44.1 Å². The maximum absolute atomic E-state index is 13.1. The van der Waals surface area contributed by atoms with Crippen molar-refractivity contribution >= 4 is 29.4 Å². The lowest BCUT2D eigenvalue weighted by Gasteiger charge is -2.48. The highest BCUT2D eigenvalue weighted by Crippen LogP contribution is 2.55. The van der Waals surface area contributed by atoms with Crippen LogP contribution in [0.5, 0.6) is 0 Å². The minimum Gasteiger partial charge on any atom is -0.467 e. The van der Waals surface area contributed by atoms with Crippen molar-refractivity contribution in [3.8, 4) is 0 Å². The van der Waals surface area contributed by atoms with Gasteiger partial charge in [0.15, 0.2) is 5.70 Å². The summed E-state index contributed by atoms with van der Waals surface area (Å²) in [6, 6.07) is 10.7. The van der Waals surface area contributed by atoms with Gasteiger partial charge in [0.25, 0.3) is 0 Å². The Hall–Kier alpha value is -3.88. The molecule has 4 heterocycles. The van der Waals surface area contributed by atoms with Crippen LogP contribution in [0.15, 0.2) is 63.3 Å². The zero-order chi connectivity index (χ0) is 23.3. The van der Waals surface area contributed by atoms with Gasteiger partial charge in [0.1, 0.15) is 11.6 Å². The van der Waals surface area contributed by atoms with Gasteiger partial charge in [-0.3, -0.25) is 9.69 Å². The molecular weight excluding hydrogens is 426 g/mol. The van der Waals surface area contributed by atoms with Gasteiger partial charge in [-0.25, -0.2) is 14.6 Å². The maximum atomic E-state index is 13.1. The number of piperidine rings is 1. The molecule has 0 bridgehead atoms. The second-order valence-corrected chi connectivity index (χ2v) is 8.24. The first kappa shape index (κ1) is 21.0. The van der Waals surface area contributed by atoms with E-state index in [0.29, 0.717) is 18.0 Å². The number of amidine groups is 1. The lowest BCUT2D eigenvalue weighted by Crippen LogP contribution is -2.62. The number of esters is 2. The van der Waals surface area contributed by atoms with E-state index in [0.717, 1.165) is 11.3 Å². The van der Waals surface area contributed by atoms with Crippen molar-refractivity contribution in [2.75, 3.05) is 26.2 Å². The monoisotopic (exact) mass is 449 g/mol. The molecule has 0 radical (unpaired) electrons. The molecular formula is C24H23N3O6. The number of nitrogens with zero attached hydrogens (tertiary/aromatic N) is 3. The molecule has 9 heteroatoms. The first-order valence-corrected chi connectivity index (χ1v) is 10.6. The molecule has 0 aliphatic carbocycles. The number of likely N-dealkylation sites (N-methyl/N-ethyl adjacent to an activating group) is 1. The minimum absolute atomic E-state index is 0.124. The average molecular weight is 449 g/mol. The van der Waals surface area contributed by atoms with Crippen molar-refractivity contribution < 1.29 is 28.3 Å². The van der Waals surface area contributed by atoms with Crippen molar-refractivity contribution in [2.45, 2.75) is 30.8 Å². The molecule has 2 unspecified atom stereocenters. The third-order valence-corrected chi connectivity index (χ3v) is 6.73. The Kier molecular flexibility index (Phi) is 4.84. The molecule has 9 nitrogen and oxygen atoms in total. The highest BCUT2D eigenvalue weighted by Gasteiger charge is 2.62. The van der Waals surface area contributed by atoms with Gasteiger partial charge in [-0.05, 0) is 30.2 Å². The van der Waals surface area contributed by atoms with Gasteiger partial charge in [-0.1, -0.05) is 18.2 Å². The average Bonchev–Trinajstić information content (AvgIpc) is 3.44. The van der Waals surface area contributed by atoms with Crippen LogP contribution in [0.1, 0.15) is 24.2 Å². The second-order valence-electron chi connectivity index (χ2n) is 8.24. The fraction of sp³-hybridized carbons (Fsp3) is 0.333. The number of ether oxygens (including phenoxy) is 2. The van der Waals surface area contributed by atoms with Crippen LogP contribution in [-0.4, -0.2) is 55.9 Å². The van der Waals surface area contributed by atoms with Gasteiger partial charge >= 0.3 is 11.9 Å². The standard InChI is InChI=1S/C24H23N3O6/c1-26-16-9-5-4-8-15(16)24-11-10-17(28)27(13-14-7-6-12-33-14)23(24)25-19(22(30)32-3)18(20(24)26)21(29)31-2/h4-9,12,20H,10-11,13H2,1-3H3. The molecule has 1 fully saturated rings. The van der Waals surface area contributed by atoms with Crippen LogP contribution in [0.3, 0.4) is 0 Å². The molecule has 1 saturated heterocycles. The molecule has 0 saturated carbocycles. The van der Waals surface area contributed by atoms with E-state index in [9.17, 15) is 14.4 Å². The predicted octanol–water partition coefficient (Wildman–Crippen LogP) is 2.17. The summed E-state index contributed by atoms with van der Waals surface area (Å²) in [5.41, 5.74) is 0.985. The summed E-state index contributed by atoms with van der Waals surface area (Å²) < 4.78 is 15.6. The second kappa shape index (κ2) is 7.61. The first-order valence-electron chi connectivity index (χ1n) is 10.6. The van der Waals surface area contributed by atoms with Crippen molar-refractivity contribution in [1.82, 2.24) is 4.90 Å². The molecule has 1 spiro atoms. The molecule has 1 amide bonds. The summed E-state index contributed by atoms with van der Waals surface area (Å²) in [4.78, 5) is 47.2. The van der Waals surface area contributed by atoms with E-state index in [1.165, 1.54) is 14.2 Å². The number of hydrogen-bond donors (Lipinski definition) is 0. The number of hydrogen-bond acceptors (Lipinski definition) is 8. The van der Waals surface area contributed by atoms with Gasteiger partial charge in [0.2, 0.25) is 5.91 Å². The number of furan rings is 1. The number of carbonyl (C=O) groups excluding carboxylic acids is 3.